The molecule has 0 aliphatic carbocycles. The number of carbonyl (C=O) groups excluding carboxylic acids is 1. The molecule has 0 aromatic carbocycles. The molecule has 3 aromatic rings. The second kappa shape index (κ2) is 7.58. The lowest BCUT2D eigenvalue weighted by atomic mass is 9.82. The normalized spacial score (nSPS) is 17.5. The number of aryl methyl sites for hydroxylation is 1. The van der Waals surface area contributed by atoms with Crippen LogP contribution >= 0.6 is 11.3 Å². The van der Waals surface area contributed by atoms with Gasteiger partial charge in [-0.2, -0.15) is 0 Å². The van der Waals surface area contributed by atoms with Gasteiger partial charge in [0.25, 0.3) is 5.91 Å². The van der Waals surface area contributed by atoms with Crippen molar-refractivity contribution in [1.29, 1.82) is 0 Å². The van der Waals surface area contributed by atoms with E-state index in [0.29, 0.717) is 36.8 Å². The van der Waals surface area contributed by atoms with Gasteiger partial charge in [0.2, 0.25) is 5.56 Å². The van der Waals surface area contributed by atoms with Crippen LogP contribution in [0.2, 0.25) is 0 Å². The maximum absolute atomic E-state index is 12.9. The SMILES string of the molecule is Cc1cc(C(=O)N2CCC3(CC2)OCCc2sc(-c4cnc(N)cn4)cc23)cc(=O)[nH]1. The first-order valence-corrected chi connectivity index (χ1v) is 11.1. The number of hydrogen-bond acceptors (Lipinski definition) is 7. The maximum atomic E-state index is 12.9. The molecule has 3 aromatic heterocycles. The first-order valence-electron chi connectivity index (χ1n) is 10.3. The van der Waals surface area contributed by atoms with Crippen LogP contribution in [0.25, 0.3) is 10.6 Å². The predicted molar refractivity (Wildman–Crippen MR) is 118 cm³/mol. The molecule has 0 saturated carbocycles. The highest BCUT2D eigenvalue weighted by Crippen LogP contribution is 2.46. The van der Waals surface area contributed by atoms with Crippen LogP contribution in [-0.2, 0) is 16.8 Å². The van der Waals surface area contributed by atoms with Gasteiger partial charge in [-0.3, -0.25) is 9.59 Å². The standard InChI is InChI=1S/C22H23N5O3S/c1-13-8-14(9-20(28)26-13)21(29)27-5-3-22(4-6-27)15-10-18(31-17(15)2-7-30-22)16-11-25-19(23)12-24-16/h8-12H,2-7H2,1H3,(H2,23,25)(H,26,28). The first kappa shape index (κ1) is 19.9. The summed E-state index contributed by atoms with van der Waals surface area (Å²) < 4.78 is 6.33. The number of nitrogens with zero attached hydrogens (tertiary/aromatic N) is 3. The average molecular weight is 438 g/mol. The van der Waals surface area contributed by atoms with Gasteiger partial charge in [0, 0.05) is 41.7 Å². The molecular weight excluding hydrogens is 414 g/mol. The van der Waals surface area contributed by atoms with Crippen LogP contribution in [-0.4, -0.2) is 45.5 Å². The van der Waals surface area contributed by atoms with Gasteiger partial charge in [0.1, 0.15) is 5.82 Å². The number of nitrogen functional groups attached to an aromatic ring is 1. The quantitative estimate of drug-likeness (QED) is 0.637. The zero-order valence-corrected chi connectivity index (χ0v) is 18.0. The Morgan fingerprint density at radius 1 is 1.23 bits per heavy atom. The number of pyridine rings is 1. The van der Waals surface area contributed by atoms with E-state index in [0.717, 1.165) is 29.8 Å². The number of anilines is 1. The van der Waals surface area contributed by atoms with Gasteiger partial charge in [-0.15, -0.1) is 11.3 Å². The summed E-state index contributed by atoms with van der Waals surface area (Å²) in [6.07, 6.45) is 5.58. The molecule has 0 bridgehead atoms. The number of amides is 1. The summed E-state index contributed by atoms with van der Waals surface area (Å²) in [6.45, 7) is 3.61. The van der Waals surface area contributed by atoms with Gasteiger partial charge in [0.05, 0.1) is 35.2 Å². The highest BCUT2D eigenvalue weighted by atomic mass is 32.1. The minimum absolute atomic E-state index is 0.108. The molecule has 2 aliphatic heterocycles. The molecule has 0 atom stereocenters. The highest BCUT2D eigenvalue weighted by Gasteiger charge is 2.43. The maximum Gasteiger partial charge on any atom is 0.254 e. The molecule has 9 heteroatoms. The number of aromatic nitrogens is 3. The molecule has 8 nitrogen and oxygen atoms in total. The summed E-state index contributed by atoms with van der Waals surface area (Å²) in [6, 6.07) is 5.26. The minimum Gasteiger partial charge on any atom is -0.382 e. The molecule has 3 N–H and O–H groups in total. The van der Waals surface area contributed by atoms with E-state index in [-0.39, 0.29) is 17.1 Å². The van der Waals surface area contributed by atoms with Gasteiger partial charge in [-0.25, -0.2) is 9.97 Å². The van der Waals surface area contributed by atoms with E-state index in [2.05, 4.69) is 21.0 Å². The summed E-state index contributed by atoms with van der Waals surface area (Å²) in [5, 5.41) is 0. The molecule has 0 unspecified atom stereocenters. The third-order valence-electron chi connectivity index (χ3n) is 6.02. The lowest BCUT2D eigenvalue weighted by Crippen LogP contribution is -2.48. The number of piperidine rings is 1. The summed E-state index contributed by atoms with van der Waals surface area (Å²) in [5.74, 6) is 0.292. The van der Waals surface area contributed by atoms with Crippen LogP contribution in [0, 0.1) is 6.92 Å². The van der Waals surface area contributed by atoms with E-state index < -0.39 is 0 Å². The van der Waals surface area contributed by atoms with E-state index in [1.807, 2.05) is 4.90 Å². The molecule has 31 heavy (non-hydrogen) atoms. The minimum atomic E-state index is -0.384. The van der Waals surface area contributed by atoms with E-state index in [9.17, 15) is 9.59 Å². The Bertz CT molecular complexity index is 1190. The third kappa shape index (κ3) is 3.64. The average Bonchev–Trinajstić information content (AvgIpc) is 3.20. The number of hydrogen-bond donors (Lipinski definition) is 2. The third-order valence-corrected chi connectivity index (χ3v) is 7.23. The smallest absolute Gasteiger partial charge is 0.254 e. The molecule has 1 saturated heterocycles. The Balaban J connectivity index is 1.38. The van der Waals surface area contributed by atoms with E-state index in [1.165, 1.54) is 16.5 Å². The van der Waals surface area contributed by atoms with E-state index in [4.69, 9.17) is 10.5 Å². The Labute approximate surface area is 183 Å². The molecule has 0 radical (unpaired) electrons. The molecule has 1 fully saturated rings. The van der Waals surface area contributed by atoms with Crippen molar-refractivity contribution in [3.8, 4) is 10.6 Å². The largest absolute Gasteiger partial charge is 0.382 e. The summed E-state index contributed by atoms with van der Waals surface area (Å²) in [7, 11) is 0. The number of thiophene rings is 1. The van der Waals surface area contributed by atoms with Crippen LogP contribution in [0.5, 0.6) is 0 Å². The van der Waals surface area contributed by atoms with Crippen molar-refractivity contribution in [2.45, 2.75) is 31.8 Å². The highest BCUT2D eigenvalue weighted by molar-refractivity contribution is 7.15. The number of aromatic amines is 1. The van der Waals surface area contributed by atoms with Gasteiger partial charge in [0.15, 0.2) is 0 Å². The van der Waals surface area contributed by atoms with Gasteiger partial charge >= 0.3 is 0 Å². The monoisotopic (exact) mass is 437 g/mol. The van der Waals surface area contributed by atoms with Crippen LogP contribution < -0.4 is 11.3 Å². The van der Waals surface area contributed by atoms with Crippen molar-refractivity contribution in [3.05, 3.63) is 62.6 Å². The summed E-state index contributed by atoms with van der Waals surface area (Å²) in [5.41, 5.74) is 8.15. The Kier molecular flexibility index (Phi) is 4.86. The molecule has 2 aliphatic rings. The number of likely N-dealkylation sites (tertiary alicyclic amines) is 1. The summed E-state index contributed by atoms with van der Waals surface area (Å²) >= 11 is 1.73. The van der Waals surface area contributed by atoms with Gasteiger partial charge < -0.3 is 20.4 Å². The second-order valence-corrected chi connectivity index (χ2v) is 9.21. The number of carbonyl (C=O) groups is 1. The fourth-order valence-electron chi connectivity index (χ4n) is 4.48. The number of nitrogens with one attached hydrogen (secondary N) is 1. The topological polar surface area (TPSA) is 114 Å². The fourth-order valence-corrected chi connectivity index (χ4v) is 5.67. The number of H-pyrrole nitrogens is 1. The molecule has 5 heterocycles. The molecule has 160 valence electrons. The number of ether oxygens (including phenoxy) is 1. The number of rotatable bonds is 2. The van der Waals surface area contributed by atoms with Crippen molar-refractivity contribution in [2.24, 2.45) is 0 Å². The van der Waals surface area contributed by atoms with Crippen molar-refractivity contribution < 1.29 is 9.53 Å². The van der Waals surface area contributed by atoms with Crippen molar-refractivity contribution >= 4 is 23.1 Å². The lowest BCUT2D eigenvalue weighted by molar-refractivity contribution is -0.0926. The fraction of sp³-hybridized carbons (Fsp3) is 0.364. The van der Waals surface area contributed by atoms with Crippen molar-refractivity contribution in [1.82, 2.24) is 19.9 Å². The Morgan fingerprint density at radius 3 is 2.74 bits per heavy atom. The molecule has 1 amide bonds. The van der Waals surface area contributed by atoms with E-state index in [1.54, 1.807) is 36.7 Å². The van der Waals surface area contributed by atoms with Crippen LogP contribution in [0.3, 0.4) is 0 Å². The van der Waals surface area contributed by atoms with Crippen LogP contribution in [0.4, 0.5) is 5.82 Å². The molecular formula is C22H23N5O3S. The number of nitrogens with two attached hydrogens (primary N) is 1. The summed E-state index contributed by atoms with van der Waals surface area (Å²) in [4.78, 5) is 40.1. The van der Waals surface area contributed by atoms with Gasteiger partial charge in [-0.05, 0) is 37.5 Å². The first-order chi connectivity index (χ1) is 14.9. The predicted octanol–water partition coefficient (Wildman–Crippen LogP) is 2.49. The molecule has 5 rings (SSSR count). The zero-order valence-electron chi connectivity index (χ0n) is 17.2. The Morgan fingerprint density at radius 2 is 2.03 bits per heavy atom. The van der Waals surface area contributed by atoms with Crippen LogP contribution in [0.15, 0.2) is 35.4 Å². The van der Waals surface area contributed by atoms with Gasteiger partial charge in [-0.1, -0.05) is 0 Å². The van der Waals surface area contributed by atoms with E-state index >= 15 is 0 Å². The van der Waals surface area contributed by atoms with Crippen LogP contribution in [0.1, 0.15) is 39.3 Å². The zero-order chi connectivity index (χ0) is 21.6. The lowest BCUT2D eigenvalue weighted by Gasteiger charge is -2.44. The molecule has 1 spiro atoms. The number of fused-ring (bicyclic) bond motifs is 2. The van der Waals surface area contributed by atoms with Crippen molar-refractivity contribution in [2.75, 3.05) is 25.4 Å². The van der Waals surface area contributed by atoms with Crippen molar-refractivity contribution in [3.63, 3.8) is 0 Å². The second-order valence-electron chi connectivity index (χ2n) is 8.08. The Hall–Kier alpha value is -3.04.